The third-order valence-corrected chi connectivity index (χ3v) is 3.02. The van der Waals surface area contributed by atoms with Crippen molar-refractivity contribution < 1.29 is 9.53 Å². The molecule has 0 bridgehead atoms. The predicted molar refractivity (Wildman–Crippen MR) is 82.3 cm³/mol. The van der Waals surface area contributed by atoms with Crippen molar-refractivity contribution in [1.29, 1.82) is 5.26 Å². The SMILES string of the molecule is Cn1cc(NC(=O)CCCCOc2cccc(C#N)c2)cn1. The van der Waals surface area contributed by atoms with E-state index in [9.17, 15) is 4.79 Å². The van der Waals surface area contributed by atoms with Gasteiger partial charge in [-0.15, -0.1) is 0 Å². The lowest BCUT2D eigenvalue weighted by Gasteiger charge is -2.06. The number of benzene rings is 1. The molecule has 0 radical (unpaired) electrons. The smallest absolute Gasteiger partial charge is 0.224 e. The molecule has 1 aromatic carbocycles. The maximum atomic E-state index is 11.7. The van der Waals surface area contributed by atoms with Crippen LogP contribution in [0.4, 0.5) is 5.69 Å². The zero-order chi connectivity index (χ0) is 15.8. The molecule has 22 heavy (non-hydrogen) atoms. The fraction of sp³-hybridized carbons (Fsp3) is 0.312. The van der Waals surface area contributed by atoms with Crippen molar-refractivity contribution in [2.24, 2.45) is 7.05 Å². The first-order valence-electron chi connectivity index (χ1n) is 7.09. The lowest BCUT2D eigenvalue weighted by molar-refractivity contribution is -0.116. The van der Waals surface area contributed by atoms with E-state index in [2.05, 4.69) is 16.5 Å². The van der Waals surface area contributed by atoms with Gasteiger partial charge in [-0.1, -0.05) is 6.07 Å². The molecule has 0 aliphatic rings. The summed E-state index contributed by atoms with van der Waals surface area (Å²) in [6, 6.07) is 9.11. The molecule has 6 heteroatoms. The van der Waals surface area contributed by atoms with E-state index in [4.69, 9.17) is 10.00 Å². The number of unbranched alkanes of at least 4 members (excludes halogenated alkanes) is 1. The maximum Gasteiger partial charge on any atom is 0.224 e. The van der Waals surface area contributed by atoms with Gasteiger partial charge >= 0.3 is 0 Å². The molecule has 6 nitrogen and oxygen atoms in total. The molecule has 0 saturated heterocycles. The Hall–Kier alpha value is -2.81. The largest absolute Gasteiger partial charge is 0.494 e. The number of ether oxygens (including phenoxy) is 1. The van der Waals surface area contributed by atoms with Crippen molar-refractivity contribution in [3.05, 3.63) is 42.2 Å². The van der Waals surface area contributed by atoms with Crippen LogP contribution in [0, 0.1) is 11.3 Å². The van der Waals surface area contributed by atoms with E-state index >= 15 is 0 Å². The first-order valence-corrected chi connectivity index (χ1v) is 7.09. The van der Waals surface area contributed by atoms with Crippen molar-refractivity contribution in [3.63, 3.8) is 0 Å². The minimum atomic E-state index is -0.0283. The van der Waals surface area contributed by atoms with Gasteiger partial charge in [-0.05, 0) is 31.0 Å². The van der Waals surface area contributed by atoms with Gasteiger partial charge < -0.3 is 10.1 Å². The fourth-order valence-corrected chi connectivity index (χ4v) is 1.94. The minimum Gasteiger partial charge on any atom is -0.494 e. The van der Waals surface area contributed by atoms with Crippen LogP contribution in [0.15, 0.2) is 36.7 Å². The van der Waals surface area contributed by atoms with Crippen LogP contribution in [-0.4, -0.2) is 22.3 Å². The highest BCUT2D eigenvalue weighted by atomic mass is 16.5. The number of aromatic nitrogens is 2. The van der Waals surface area contributed by atoms with Gasteiger partial charge in [-0.25, -0.2) is 0 Å². The predicted octanol–water partition coefficient (Wildman–Crippen LogP) is 2.48. The van der Waals surface area contributed by atoms with Crippen LogP contribution in [0.2, 0.25) is 0 Å². The van der Waals surface area contributed by atoms with E-state index in [1.54, 1.807) is 42.3 Å². The van der Waals surface area contributed by atoms with Crippen LogP contribution in [0.3, 0.4) is 0 Å². The molecule has 1 heterocycles. The Morgan fingerprint density at radius 1 is 1.45 bits per heavy atom. The molecule has 2 rings (SSSR count). The number of nitrogens with one attached hydrogen (secondary N) is 1. The second-order valence-electron chi connectivity index (χ2n) is 4.90. The van der Waals surface area contributed by atoms with Crippen LogP contribution < -0.4 is 10.1 Å². The Labute approximate surface area is 129 Å². The second kappa shape index (κ2) is 7.84. The summed E-state index contributed by atoms with van der Waals surface area (Å²) >= 11 is 0. The lowest BCUT2D eigenvalue weighted by atomic mass is 10.2. The molecule has 0 spiro atoms. The van der Waals surface area contributed by atoms with E-state index < -0.39 is 0 Å². The molecule has 0 aliphatic carbocycles. The molecule has 1 aromatic heterocycles. The quantitative estimate of drug-likeness (QED) is 0.796. The van der Waals surface area contributed by atoms with Crippen molar-refractivity contribution in [2.45, 2.75) is 19.3 Å². The van der Waals surface area contributed by atoms with E-state index in [1.165, 1.54) is 0 Å². The van der Waals surface area contributed by atoms with Gasteiger partial charge in [-0.2, -0.15) is 10.4 Å². The monoisotopic (exact) mass is 298 g/mol. The summed E-state index contributed by atoms with van der Waals surface area (Å²) in [5, 5.41) is 15.6. The highest BCUT2D eigenvalue weighted by Gasteiger charge is 2.04. The number of carbonyl (C=O) groups excluding carboxylic acids is 1. The normalized spacial score (nSPS) is 10.0. The third-order valence-electron chi connectivity index (χ3n) is 3.02. The number of hydrogen-bond acceptors (Lipinski definition) is 4. The number of hydrogen-bond donors (Lipinski definition) is 1. The molecule has 0 saturated carbocycles. The summed E-state index contributed by atoms with van der Waals surface area (Å²) in [5.41, 5.74) is 1.28. The molecular formula is C16H18N4O2. The molecule has 0 aliphatic heterocycles. The van der Waals surface area contributed by atoms with Crippen LogP contribution >= 0.6 is 0 Å². The van der Waals surface area contributed by atoms with Crippen molar-refractivity contribution >= 4 is 11.6 Å². The highest BCUT2D eigenvalue weighted by molar-refractivity contribution is 5.90. The standard InChI is InChI=1S/C16H18N4O2/c1-20-12-14(11-18-20)19-16(21)7-2-3-8-22-15-6-4-5-13(9-15)10-17/h4-6,9,11-12H,2-3,7-8H2,1H3,(H,19,21). The number of nitriles is 1. The second-order valence-corrected chi connectivity index (χ2v) is 4.90. The average molecular weight is 298 g/mol. The Morgan fingerprint density at radius 2 is 2.32 bits per heavy atom. The van der Waals surface area contributed by atoms with Gasteiger partial charge in [0.2, 0.25) is 5.91 Å². The van der Waals surface area contributed by atoms with Crippen LogP contribution in [-0.2, 0) is 11.8 Å². The first kappa shape index (κ1) is 15.6. The van der Waals surface area contributed by atoms with Crippen LogP contribution in [0.1, 0.15) is 24.8 Å². The highest BCUT2D eigenvalue weighted by Crippen LogP contribution is 2.13. The number of nitrogens with zero attached hydrogens (tertiary/aromatic N) is 3. The number of rotatable bonds is 7. The number of carbonyl (C=O) groups is 1. The Morgan fingerprint density at radius 3 is 3.05 bits per heavy atom. The molecule has 0 unspecified atom stereocenters. The van der Waals surface area contributed by atoms with Gasteiger partial charge in [-0.3, -0.25) is 9.48 Å². The van der Waals surface area contributed by atoms with Gasteiger partial charge in [0.15, 0.2) is 0 Å². The summed E-state index contributed by atoms with van der Waals surface area (Å²) < 4.78 is 7.19. The Balaban J connectivity index is 1.62. The van der Waals surface area contributed by atoms with Gasteiger partial charge in [0, 0.05) is 19.7 Å². The van der Waals surface area contributed by atoms with Crippen molar-refractivity contribution in [3.8, 4) is 11.8 Å². The maximum absolute atomic E-state index is 11.7. The summed E-state index contributed by atoms with van der Waals surface area (Å²) in [7, 11) is 1.80. The van der Waals surface area contributed by atoms with E-state index in [0.717, 1.165) is 12.8 Å². The first-order chi connectivity index (χ1) is 10.7. The number of aryl methyl sites for hydroxylation is 1. The number of anilines is 1. The molecular weight excluding hydrogens is 280 g/mol. The summed E-state index contributed by atoms with van der Waals surface area (Å²) in [5.74, 6) is 0.651. The zero-order valence-electron chi connectivity index (χ0n) is 12.5. The van der Waals surface area contributed by atoms with Gasteiger partial charge in [0.25, 0.3) is 0 Å². The fourth-order valence-electron chi connectivity index (χ4n) is 1.94. The summed E-state index contributed by atoms with van der Waals surface area (Å²) in [4.78, 5) is 11.7. The third kappa shape index (κ3) is 4.94. The van der Waals surface area contributed by atoms with E-state index in [0.29, 0.717) is 30.0 Å². The number of amides is 1. The average Bonchev–Trinajstić information content (AvgIpc) is 2.92. The van der Waals surface area contributed by atoms with Crippen molar-refractivity contribution in [2.75, 3.05) is 11.9 Å². The van der Waals surface area contributed by atoms with Gasteiger partial charge in [0.05, 0.1) is 30.1 Å². The molecule has 0 fully saturated rings. The topological polar surface area (TPSA) is 79.9 Å². The summed E-state index contributed by atoms with van der Waals surface area (Å²) in [6.07, 6.45) is 5.32. The zero-order valence-corrected chi connectivity index (χ0v) is 12.5. The Bertz CT molecular complexity index is 673. The van der Waals surface area contributed by atoms with E-state index in [1.807, 2.05) is 6.07 Å². The Kier molecular flexibility index (Phi) is 5.55. The lowest BCUT2D eigenvalue weighted by Crippen LogP contribution is -2.11. The van der Waals surface area contributed by atoms with Crippen molar-refractivity contribution in [1.82, 2.24) is 9.78 Å². The molecule has 0 atom stereocenters. The van der Waals surface area contributed by atoms with Gasteiger partial charge in [0.1, 0.15) is 5.75 Å². The molecule has 1 amide bonds. The van der Waals surface area contributed by atoms with E-state index in [-0.39, 0.29) is 5.91 Å². The van der Waals surface area contributed by atoms with Crippen LogP contribution in [0.5, 0.6) is 5.75 Å². The molecule has 1 N–H and O–H groups in total. The molecule has 114 valence electrons. The summed E-state index contributed by atoms with van der Waals surface area (Å²) in [6.45, 7) is 0.523. The minimum absolute atomic E-state index is 0.0283. The van der Waals surface area contributed by atoms with Crippen LogP contribution in [0.25, 0.3) is 0 Å². The molecule has 2 aromatic rings.